The number of nitrogens with one attached hydrogen (secondary N) is 3. The number of aliphatic imine (C=N–C) groups is 1. The van der Waals surface area contributed by atoms with Crippen molar-refractivity contribution in [3.8, 4) is 0 Å². The summed E-state index contributed by atoms with van der Waals surface area (Å²) in [4.78, 5) is 42.3. The molecule has 7 N–H and O–H groups in total. The molecule has 0 aliphatic rings. The van der Waals surface area contributed by atoms with Crippen molar-refractivity contribution < 1.29 is 14.4 Å². The van der Waals surface area contributed by atoms with Gasteiger partial charge in [-0.25, -0.2) is 0 Å². The summed E-state index contributed by atoms with van der Waals surface area (Å²) in [7, 11) is 0. The smallest absolute Gasteiger partial charge is 0.246 e. The first-order valence-corrected chi connectivity index (χ1v) is 11.0. The average molecular weight is 427 g/mol. The number of guanidine groups is 1. The molecule has 0 aliphatic heterocycles. The Kier molecular flexibility index (Phi) is 12.8. The first-order chi connectivity index (χ1) is 14.1. The summed E-state index contributed by atoms with van der Waals surface area (Å²) in [6.07, 6.45) is 3.36. The monoisotopic (exact) mass is 426 g/mol. The van der Waals surface area contributed by atoms with Crippen LogP contribution in [0.3, 0.4) is 0 Å². The first-order valence-electron chi connectivity index (χ1n) is 11.0. The molecule has 0 radical (unpaired) electrons. The molecule has 0 aromatic carbocycles. The molecule has 0 aromatic rings. The molecule has 0 spiro atoms. The highest BCUT2D eigenvalue weighted by atomic mass is 16.2. The van der Waals surface area contributed by atoms with Crippen LogP contribution in [0.2, 0.25) is 0 Å². The molecule has 9 heteroatoms. The molecule has 0 aliphatic carbocycles. The van der Waals surface area contributed by atoms with Gasteiger partial charge in [0.25, 0.3) is 0 Å². The van der Waals surface area contributed by atoms with E-state index in [2.05, 4.69) is 20.9 Å². The SMILES string of the molecule is CCC(CC)NC(=O)C(CCCN=C(N)N)NC(=O)C(CC)(CC)NC(=O)C(C)C. The standard InChI is InChI=1S/C21H42N6O3/c1-7-15(8-2)25-18(29)16(12-11-13-24-20(22)23)26-19(30)21(9-3,10-4)27-17(28)14(5)6/h14-16H,7-13H2,1-6H3,(H,25,29)(H,26,30)(H,27,28)(H4,22,23,24). The van der Waals surface area contributed by atoms with Gasteiger partial charge in [-0.15, -0.1) is 0 Å². The zero-order valence-electron chi connectivity index (χ0n) is 19.5. The Morgan fingerprint density at radius 2 is 1.50 bits per heavy atom. The number of hydrogen-bond donors (Lipinski definition) is 5. The average Bonchev–Trinajstić information content (AvgIpc) is 2.71. The molecule has 9 nitrogen and oxygen atoms in total. The molecule has 0 saturated carbocycles. The molecule has 3 amide bonds. The van der Waals surface area contributed by atoms with Crippen LogP contribution >= 0.6 is 0 Å². The fourth-order valence-electron chi connectivity index (χ4n) is 3.05. The Bertz CT molecular complexity index is 579. The lowest BCUT2D eigenvalue weighted by atomic mass is 9.90. The second kappa shape index (κ2) is 13.8. The van der Waals surface area contributed by atoms with Gasteiger partial charge < -0.3 is 27.4 Å². The predicted octanol–water partition coefficient (Wildman–Crippen LogP) is 1.16. The molecule has 0 heterocycles. The van der Waals surface area contributed by atoms with Crippen molar-refractivity contribution in [2.24, 2.45) is 22.4 Å². The number of rotatable bonds is 14. The van der Waals surface area contributed by atoms with Gasteiger partial charge in [0, 0.05) is 18.5 Å². The molecule has 1 unspecified atom stereocenters. The van der Waals surface area contributed by atoms with Gasteiger partial charge in [0.1, 0.15) is 11.6 Å². The van der Waals surface area contributed by atoms with Crippen LogP contribution in [0.25, 0.3) is 0 Å². The summed E-state index contributed by atoms with van der Waals surface area (Å²) >= 11 is 0. The van der Waals surface area contributed by atoms with E-state index in [4.69, 9.17) is 11.5 Å². The van der Waals surface area contributed by atoms with Crippen molar-refractivity contribution in [1.82, 2.24) is 16.0 Å². The van der Waals surface area contributed by atoms with E-state index in [-0.39, 0.29) is 35.6 Å². The van der Waals surface area contributed by atoms with Gasteiger partial charge in [-0.3, -0.25) is 19.4 Å². The topological polar surface area (TPSA) is 152 Å². The molecule has 0 fully saturated rings. The van der Waals surface area contributed by atoms with Crippen LogP contribution in [-0.4, -0.2) is 47.8 Å². The van der Waals surface area contributed by atoms with Crippen LogP contribution in [0.5, 0.6) is 0 Å². The molecular formula is C21H42N6O3. The summed E-state index contributed by atoms with van der Waals surface area (Å²) in [6, 6.07) is -0.696. The number of nitrogens with zero attached hydrogens (tertiary/aromatic N) is 1. The molecule has 174 valence electrons. The molecule has 1 atom stereocenters. The maximum Gasteiger partial charge on any atom is 0.246 e. The summed E-state index contributed by atoms with van der Waals surface area (Å²) in [6.45, 7) is 11.6. The Hall–Kier alpha value is -2.32. The lowest BCUT2D eigenvalue weighted by Gasteiger charge is -2.34. The van der Waals surface area contributed by atoms with E-state index >= 15 is 0 Å². The predicted molar refractivity (Wildman–Crippen MR) is 121 cm³/mol. The third-order valence-electron chi connectivity index (χ3n) is 5.43. The van der Waals surface area contributed by atoms with Crippen LogP contribution in [-0.2, 0) is 14.4 Å². The number of carbonyl (C=O) groups is 3. The third-order valence-corrected chi connectivity index (χ3v) is 5.43. The molecular weight excluding hydrogens is 384 g/mol. The summed E-state index contributed by atoms with van der Waals surface area (Å²) < 4.78 is 0. The highest BCUT2D eigenvalue weighted by Crippen LogP contribution is 2.18. The van der Waals surface area contributed by atoms with Crippen molar-refractivity contribution >= 4 is 23.7 Å². The number of amides is 3. The van der Waals surface area contributed by atoms with Crippen molar-refractivity contribution in [3.63, 3.8) is 0 Å². The van der Waals surface area contributed by atoms with E-state index in [1.54, 1.807) is 13.8 Å². The Labute approximate surface area is 181 Å². The van der Waals surface area contributed by atoms with Gasteiger partial charge in [-0.1, -0.05) is 41.5 Å². The molecule has 0 aromatic heterocycles. The molecule has 0 bridgehead atoms. The quantitative estimate of drug-likeness (QED) is 0.160. The highest BCUT2D eigenvalue weighted by Gasteiger charge is 2.38. The van der Waals surface area contributed by atoms with E-state index in [0.29, 0.717) is 32.2 Å². The normalized spacial score (nSPS) is 12.4. The van der Waals surface area contributed by atoms with E-state index in [0.717, 1.165) is 12.8 Å². The first kappa shape index (κ1) is 27.7. The van der Waals surface area contributed by atoms with Crippen LogP contribution < -0.4 is 27.4 Å². The maximum absolute atomic E-state index is 13.2. The van der Waals surface area contributed by atoms with Crippen LogP contribution in [0, 0.1) is 5.92 Å². The Balaban J connectivity index is 5.48. The fraction of sp³-hybridized carbons (Fsp3) is 0.810. The van der Waals surface area contributed by atoms with Crippen LogP contribution in [0.1, 0.15) is 80.1 Å². The highest BCUT2D eigenvalue weighted by molar-refractivity contribution is 5.95. The van der Waals surface area contributed by atoms with E-state index in [1.165, 1.54) is 0 Å². The minimum absolute atomic E-state index is 0.00977. The zero-order chi connectivity index (χ0) is 23.3. The largest absolute Gasteiger partial charge is 0.370 e. The van der Waals surface area contributed by atoms with Gasteiger partial charge >= 0.3 is 0 Å². The zero-order valence-corrected chi connectivity index (χ0v) is 19.5. The third kappa shape index (κ3) is 9.00. The van der Waals surface area contributed by atoms with Gasteiger partial charge in [0.2, 0.25) is 17.7 Å². The van der Waals surface area contributed by atoms with Crippen molar-refractivity contribution in [2.45, 2.75) is 97.7 Å². The van der Waals surface area contributed by atoms with E-state index in [1.807, 2.05) is 27.7 Å². The summed E-state index contributed by atoms with van der Waals surface area (Å²) in [5.41, 5.74) is 9.65. The second-order valence-electron chi connectivity index (χ2n) is 7.93. The van der Waals surface area contributed by atoms with Crippen molar-refractivity contribution in [1.29, 1.82) is 0 Å². The molecule has 30 heavy (non-hydrogen) atoms. The number of hydrogen-bond acceptors (Lipinski definition) is 4. The maximum atomic E-state index is 13.2. The van der Waals surface area contributed by atoms with Crippen molar-refractivity contribution in [3.05, 3.63) is 0 Å². The van der Waals surface area contributed by atoms with Gasteiger partial charge in [-0.2, -0.15) is 0 Å². The van der Waals surface area contributed by atoms with Crippen LogP contribution in [0.4, 0.5) is 0 Å². The van der Waals surface area contributed by atoms with Gasteiger partial charge in [-0.05, 0) is 38.5 Å². The second-order valence-corrected chi connectivity index (χ2v) is 7.93. The number of nitrogens with two attached hydrogens (primary N) is 2. The summed E-state index contributed by atoms with van der Waals surface area (Å²) in [5, 5.41) is 8.74. The lowest BCUT2D eigenvalue weighted by Crippen LogP contribution is -2.62. The Morgan fingerprint density at radius 1 is 0.933 bits per heavy atom. The minimum atomic E-state index is -1.06. The molecule has 0 rings (SSSR count). The van der Waals surface area contributed by atoms with Crippen molar-refractivity contribution in [2.75, 3.05) is 6.54 Å². The van der Waals surface area contributed by atoms with Gasteiger partial charge in [0.15, 0.2) is 5.96 Å². The number of carbonyl (C=O) groups excluding carboxylic acids is 3. The summed E-state index contributed by atoms with van der Waals surface area (Å²) in [5.74, 6) is -1.04. The van der Waals surface area contributed by atoms with E-state index < -0.39 is 11.6 Å². The van der Waals surface area contributed by atoms with Gasteiger partial charge in [0.05, 0.1) is 0 Å². The fourth-order valence-corrected chi connectivity index (χ4v) is 3.05. The minimum Gasteiger partial charge on any atom is -0.370 e. The van der Waals surface area contributed by atoms with E-state index in [9.17, 15) is 14.4 Å². The van der Waals surface area contributed by atoms with Crippen LogP contribution in [0.15, 0.2) is 4.99 Å². The Morgan fingerprint density at radius 3 is 1.93 bits per heavy atom. The lowest BCUT2D eigenvalue weighted by molar-refractivity contribution is -0.137. The molecule has 0 saturated heterocycles.